The molecule has 0 aliphatic carbocycles. The van der Waals surface area contributed by atoms with Gasteiger partial charge in [-0.3, -0.25) is 5.84 Å². The van der Waals surface area contributed by atoms with Crippen LogP contribution in [0.4, 0.5) is 0 Å². The Hall–Kier alpha value is -1.10. The highest BCUT2D eigenvalue weighted by Gasteiger charge is 2.16. The Morgan fingerprint density at radius 2 is 1.93 bits per heavy atom. The molecule has 0 radical (unpaired) electrons. The predicted octanol–water partition coefficient (Wildman–Crippen LogP) is 2.59. The summed E-state index contributed by atoms with van der Waals surface area (Å²) in [6.45, 7) is 0. The van der Waals surface area contributed by atoms with Crippen LogP contribution in [-0.2, 0) is 0 Å². The fourth-order valence-electron chi connectivity index (χ4n) is 1.52. The molecule has 0 aliphatic heterocycles. The summed E-state index contributed by atoms with van der Waals surface area (Å²) < 4.78 is 5.89. The van der Waals surface area contributed by atoms with Gasteiger partial charge in [-0.05, 0) is 27.6 Å². The summed E-state index contributed by atoms with van der Waals surface area (Å²) in [4.78, 5) is 0. The molecule has 0 amide bonds. The molecule has 1 heterocycles. The van der Waals surface area contributed by atoms with Crippen molar-refractivity contribution in [2.45, 2.75) is 6.04 Å². The van der Waals surface area contributed by atoms with E-state index in [1.165, 1.54) is 0 Å². The molecular formula is C11H11BrN2O. The quantitative estimate of drug-likeness (QED) is 0.663. The van der Waals surface area contributed by atoms with E-state index in [0.717, 1.165) is 11.1 Å². The summed E-state index contributed by atoms with van der Waals surface area (Å²) in [5, 5.41) is 0. The number of furan rings is 1. The lowest BCUT2D eigenvalue weighted by Crippen LogP contribution is -2.28. The van der Waals surface area contributed by atoms with Crippen LogP contribution in [0.5, 0.6) is 0 Å². The summed E-state index contributed by atoms with van der Waals surface area (Å²) >= 11 is 3.34. The number of rotatable bonds is 3. The number of hydrogen-bond donors (Lipinski definition) is 2. The van der Waals surface area contributed by atoms with Crippen molar-refractivity contribution in [3.8, 4) is 0 Å². The van der Waals surface area contributed by atoms with E-state index in [4.69, 9.17) is 10.3 Å². The normalized spacial score (nSPS) is 12.7. The molecule has 0 aliphatic rings. The van der Waals surface area contributed by atoms with Crippen LogP contribution in [0.2, 0.25) is 0 Å². The van der Waals surface area contributed by atoms with Gasteiger partial charge >= 0.3 is 0 Å². The minimum Gasteiger partial charge on any atom is -0.457 e. The maximum absolute atomic E-state index is 5.55. The summed E-state index contributed by atoms with van der Waals surface area (Å²) in [5.74, 6) is 5.55. The Morgan fingerprint density at radius 1 is 1.20 bits per heavy atom. The Labute approximate surface area is 96.4 Å². The first-order valence-electron chi connectivity index (χ1n) is 4.57. The second-order valence-corrected chi connectivity index (χ2v) is 3.88. The van der Waals surface area contributed by atoms with E-state index in [2.05, 4.69) is 21.4 Å². The molecule has 0 saturated heterocycles. The van der Waals surface area contributed by atoms with Gasteiger partial charge in [0.2, 0.25) is 0 Å². The Balaban J connectivity index is 2.37. The number of benzene rings is 1. The van der Waals surface area contributed by atoms with Crippen LogP contribution in [0, 0.1) is 0 Å². The monoisotopic (exact) mass is 266 g/mol. The Kier molecular flexibility index (Phi) is 3.20. The second-order valence-electron chi connectivity index (χ2n) is 3.16. The van der Waals surface area contributed by atoms with Gasteiger partial charge in [0.25, 0.3) is 0 Å². The molecule has 1 unspecified atom stereocenters. The standard InChI is InChI=1S/C11H11BrN2O/c12-11-9(6-7-15-11)10(14-13)8-4-2-1-3-5-8/h1-7,10,14H,13H2. The van der Waals surface area contributed by atoms with Crippen LogP contribution in [0.15, 0.2) is 51.7 Å². The molecular weight excluding hydrogens is 256 g/mol. The van der Waals surface area contributed by atoms with Crippen molar-refractivity contribution in [2.24, 2.45) is 5.84 Å². The third kappa shape index (κ3) is 2.12. The highest BCUT2D eigenvalue weighted by atomic mass is 79.9. The number of halogens is 1. The average molecular weight is 267 g/mol. The van der Waals surface area contributed by atoms with Crippen molar-refractivity contribution in [1.82, 2.24) is 5.43 Å². The smallest absolute Gasteiger partial charge is 0.174 e. The molecule has 1 atom stereocenters. The van der Waals surface area contributed by atoms with Gasteiger partial charge in [0.1, 0.15) is 0 Å². The average Bonchev–Trinajstić information content (AvgIpc) is 2.68. The van der Waals surface area contributed by atoms with Gasteiger partial charge in [-0.1, -0.05) is 30.3 Å². The molecule has 78 valence electrons. The molecule has 2 aromatic rings. The van der Waals surface area contributed by atoms with Crippen molar-refractivity contribution in [1.29, 1.82) is 0 Å². The highest BCUT2D eigenvalue weighted by Crippen LogP contribution is 2.28. The second kappa shape index (κ2) is 4.61. The largest absolute Gasteiger partial charge is 0.457 e. The maximum atomic E-state index is 5.55. The molecule has 4 heteroatoms. The molecule has 0 spiro atoms. The van der Waals surface area contributed by atoms with Gasteiger partial charge in [0, 0.05) is 5.56 Å². The topological polar surface area (TPSA) is 51.2 Å². The van der Waals surface area contributed by atoms with Crippen LogP contribution in [0.1, 0.15) is 17.2 Å². The van der Waals surface area contributed by atoms with Gasteiger partial charge < -0.3 is 4.42 Å². The first-order chi connectivity index (χ1) is 7.33. The molecule has 0 saturated carbocycles. The summed E-state index contributed by atoms with van der Waals surface area (Å²) in [5.41, 5.74) is 4.86. The first-order valence-corrected chi connectivity index (χ1v) is 5.36. The summed E-state index contributed by atoms with van der Waals surface area (Å²) in [6.07, 6.45) is 1.63. The van der Waals surface area contributed by atoms with E-state index in [-0.39, 0.29) is 6.04 Å². The zero-order valence-electron chi connectivity index (χ0n) is 7.98. The van der Waals surface area contributed by atoms with Gasteiger partial charge in [-0.2, -0.15) is 0 Å². The van der Waals surface area contributed by atoms with E-state index in [1.54, 1.807) is 6.26 Å². The predicted molar refractivity (Wildman–Crippen MR) is 62.0 cm³/mol. The Bertz CT molecular complexity index is 427. The molecule has 15 heavy (non-hydrogen) atoms. The van der Waals surface area contributed by atoms with Crippen molar-refractivity contribution >= 4 is 15.9 Å². The highest BCUT2D eigenvalue weighted by molar-refractivity contribution is 9.10. The van der Waals surface area contributed by atoms with Crippen LogP contribution in [0.25, 0.3) is 0 Å². The zero-order valence-corrected chi connectivity index (χ0v) is 9.57. The van der Waals surface area contributed by atoms with Gasteiger partial charge in [-0.25, -0.2) is 5.43 Å². The molecule has 0 fully saturated rings. The van der Waals surface area contributed by atoms with Crippen molar-refractivity contribution < 1.29 is 4.42 Å². The fourth-order valence-corrected chi connectivity index (χ4v) is 1.99. The maximum Gasteiger partial charge on any atom is 0.174 e. The third-order valence-corrected chi connectivity index (χ3v) is 2.90. The SMILES string of the molecule is NNC(c1ccccc1)c1ccoc1Br. The van der Waals surface area contributed by atoms with Crippen LogP contribution >= 0.6 is 15.9 Å². The minimum absolute atomic E-state index is 0.0562. The molecule has 1 aromatic carbocycles. The number of hydrazine groups is 1. The third-order valence-electron chi connectivity index (χ3n) is 2.26. The lowest BCUT2D eigenvalue weighted by Gasteiger charge is -2.14. The van der Waals surface area contributed by atoms with Gasteiger partial charge in [-0.15, -0.1) is 0 Å². The number of hydrogen-bond acceptors (Lipinski definition) is 3. The van der Waals surface area contributed by atoms with Crippen molar-refractivity contribution in [2.75, 3.05) is 0 Å². The van der Waals surface area contributed by atoms with E-state index in [9.17, 15) is 0 Å². The van der Waals surface area contributed by atoms with Crippen molar-refractivity contribution in [3.05, 3.63) is 58.5 Å². The number of nitrogens with two attached hydrogens (primary N) is 1. The molecule has 0 bridgehead atoms. The fraction of sp³-hybridized carbons (Fsp3) is 0.0909. The van der Waals surface area contributed by atoms with Crippen molar-refractivity contribution in [3.63, 3.8) is 0 Å². The molecule has 2 rings (SSSR count). The molecule has 3 N–H and O–H groups in total. The lowest BCUT2D eigenvalue weighted by molar-refractivity contribution is 0.527. The van der Waals surface area contributed by atoms with E-state index in [1.807, 2.05) is 36.4 Å². The van der Waals surface area contributed by atoms with E-state index in [0.29, 0.717) is 4.67 Å². The van der Waals surface area contributed by atoms with Crippen LogP contribution in [-0.4, -0.2) is 0 Å². The minimum atomic E-state index is -0.0562. The molecule has 1 aromatic heterocycles. The van der Waals surface area contributed by atoms with Gasteiger partial charge in [0.15, 0.2) is 4.67 Å². The van der Waals surface area contributed by atoms with Gasteiger partial charge in [0.05, 0.1) is 12.3 Å². The summed E-state index contributed by atoms with van der Waals surface area (Å²) in [6, 6.07) is 11.8. The summed E-state index contributed by atoms with van der Waals surface area (Å²) in [7, 11) is 0. The van der Waals surface area contributed by atoms with E-state index < -0.39 is 0 Å². The Morgan fingerprint density at radius 3 is 2.47 bits per heavy atom. The van der Waals surface area contributed by atoms with Crippen LogP contribution < -0.4 is 11.3 Å². The lowest BCUT2D eigenvalue weighted by atomic mass is 10.0. The number of nitrogens with one attached hydrogen (secondary N) is 1. The van der Waals surface area contributed by atoms with Crippen LogP contribution in [0.3, 0.4) is 0 Å². The zero-order chi connectivity index (χ0) is 10.7. The molecule has 3 nitrogen and oxygen atoms in total. The first kappa shape index (κ1) is 10.4. The van der Waals surface area contributed by atoms with E-state index >= 15 is 0 Å².